The molecule has 0 aromatic rings. The Kier molecular flexibility index (Phi) is 4.72. The van der Waals surface area contributed by atoms with Crippen LogP contribution in [-0.2, 0) is 14.4 Å². The van der Waals surface area contributed by atoms with Crippen LogP contribution in [0.4, 0.5) is 0 Å². The molecule has 0 atom stereocenters. The van der Waals surface area contributed by atoms with Gasteiger partial charge in [-0.1, -0.05) is 0 Å². The second kappa shape index (κ2) is 5.30. The van der Waals surface area contributed by atoms with Crippen LogP contribution in [0, 0.1) is 0 Å². The van der Waals surface area contributed by atoms with E-state index in [-0.39, 0.29) is 12.5 Å². The molecular formula is C8H16N4O3. The molecule has 0 aliphatic carbocycles. The van der Waals surface area contributed by atoms with Gasteiger partial charge in [-0.05, 0) is 0 Å². The van der Waals surface area contributed by atoms with Crippen LogP contribution < -0.4 is 21.7 Å². The number of hydrogen-bond acceptors (Lipinski definition) is 4. The number of carbonyl (C=O) groups is 3. The summed E-state index contributed by atoms with van der Waals surface area (Å²) in [6.45, 7) is 3.75. The third-order valence-corrected chi connectivity index (χ3v) is 1.41. The number of nitrogens with two attached hydrogens (primary N) is 1. The first-order valence-electron chi connectivity index (χ1n) is 4.36. The van der Waals surface area contributed by atoms with Crippen molar-refractivity contribution in [2.75, 3.05) is 6.54 Å². The highest BCUT2D eigenvalue weighted by atomic mass is 16.2. The van der Waals surface area contributed by atoms with Crippen LogP contribution in [-0.4, -0.2) is 30.1 Å². The molecule has 0 spiro atoms. The predicted molar refractivity (Wildman–Crippen MR) is 53.2 cm³/mol. The molecule has 0 rings (SSSR count). The molecule has 3 amide bonds. The largest absolute Gasteiger partial charge is 0.351 e. The van der Waals surface area contributed by atoms with Gasteiger partial charge in [-0.15, -0.1) is 0 Å². The zero-order valence-electron chi connectivity index (χ0n) is 9.01. The number of hydrogen-bond donors (Lipinski definition) is 4. The van der Waals surface area contributed by atoms with Gasteiger partial charge in [-0.25, -0.2) is 0 Å². The van der Waals surface area contributed by atoms with E-state index >= 15 is 0 Å². The molecule has 0 radical (unpaired) electrons. The maximum absolute atomic E-state index is 10.8. The second-order valence-corrected chi connectivity index (χ2v) is 3.24. The fourth-order valence-corrected chi connectivity index (χ4v) is 1.01. The summed E-state index contributed by atoms with van der Waals surface area (Å²) in [7, 11) is 0. The molecule has 0 unspecified atom stereocenters. The zero-order valence-corrected chi connectivity index (χ0v) is 9.01. The molecule has 0 aliphatic heterocycles. The predicted octanol–water partition coefficient (Wildman–Crippen LogP) is -1.99. The first kappa shape index (κ1) is 13.4. The SMILES string of the molecule is CC(=O)NCC(N)(NC(C)=O)NC(C)=O. The summed E-state index contributed by atoms with van der Waals surface area (Å²) in [4.78, 5) is 32.3. The molecule has 0 bridgehead atoms. The van der Waals surface area contributed by atoms with Gasteiger partial charge in [0.05, 0.1) is 6.54 Å². The molecule has 0 heterocycles. The van der Waals surface area contributed by atoms with Gasteiger partial charge < -0.3 is 16.0 Å². The minimum absolute atomic E-state index is 0.0819. The lowest BCUT2D eigenvalue weighted by Gasteiger charge is -2.30. The summed E-state index contributed by atoms with van der Waals surface area (Å²) in [6, 6.07) is 0. The van der Waals surface area contributed by atoms with E-state index < -0.39 is 17.6 Å². The molecule has 7 nitrogen and oxygen atoms in total. The van der Waals surface area contributed by atoms with Crippen molar-refractivity contribution >= 4 is 17.7 Å². The maximum atomic E-state index is 10.8. The summed E-state index contributed by atoms with van der Waals surface area (Å²) in [5.74, 6) is -2.57. The van der Waals surface area contributed by atoms with Gasteiger partial charge in [-0.2, -0.15) is 0 Å². The Morgan fingerprint density at radius 2 is 1.40 bits per heavy atom. The Balaban J connectivity index is 4.46. The Morgan fingerprint density at radius 1 is 1.00 bits per heavy atom. The van der Waals surface area contributed by atoms with Gasteiger partial charge in [0.25, 0.3) is 0 Å². The van der Waals surface area contributed by atoms with E-state index in [9.17, 15) is 14.4 Å². The normalized spacial score (nSPS) is 10.4. The van der Waals surface area contributed by atoms with Crippen LogP contribution in [0.3, 0.4) is 0 Å². The van der Waals surface area contributed by atoms with Gasteiger partial charge >= 0.3 is 0 Å². The van der Waals surface area contributed by atoms with E-state index in [0.29, 0.717) is 0 Å². The number of nitrogens with one attached hydrogen (secondary N) is 3. The lowest BCUT2D eigenvalue weighted by molar-refractivity contribution is -0.126. The van der Waals surface area contributed by atoms with E-state index in [2.05, 4.69) is 16.0 Å². The maximum Gasteiger partial charge on any atom is 0.219 e. The zero-order chi connectivity index (χ0) is 12.1. The van der Waals surface area contributed by atoms with Crippen LogP contribution in [0.5, 0.6) is 0 Å². The van der Waals surface area contributed by atoms with E-state index in [0.717, 1.165) is 0 Å². The average Bonchev–Trinajstić information content (AvgIpc) is 1.97. The third kappa shape index (κ3) is 6.44. The average molecular weight is 216 g/mol. The molecular weight excluding hydrogens is 200 g/mol. The van der Waals surface area contributed by atoms with Crippen LogP contribution in [0.2, 0.25) is 0 Å². The number of amides is 3. The summed E-state index contributed by atoms with van der Waals surface area (Å²) in [5.41, 5.74) is 5.67. The van der Waals surface area contributed by atoms with Gasteiger partial charge in [-0.3, -0.25) is 20.1 Å². The van der Waals surface area contributed by atoms with Crippen LogP contribution >= 0.6 is 0 Å². The third-order valence-electron chi connectivity index (χ3n) is 1.41. The smallest absolute Gasteiger partial charge is 0.219 e. The Labute approximate surface area is 87.8 Å². The van der Waals surface area contributed by atoms with Crippen molar-refractivity contribution in [2.45, 2.75) is 26.6 Å². The first-order chi connectivity index (χ1) is 6.75. The fraction of sp³-hybridized carbons (Fsp3) is 0.625. The molecule has 0 aromatic heterocycles. The molecule has 5 N–H and O–H groups in total. The van der Waals surface area contributed by atoms with E-state index in [1.54, 1.807) is 0 Å². The van der Waals surface area contributed by atoms with Gasteiger partial charge in [0.2, 0.25) is 17.7 Å². The summed E-state index contributed by atoms with van der Waals surface area (Å²) >= 11 is 0. The quantitative estimate of drug-likeness (QED) is 0.407. The highest BCUT2D eigenvalue weighted by Crippen LogP contribution is 1.89. The van der Waals surface area contributed by atoms with Crippen molar-refractivity contribution in [2.24, 2.45) is 5.73 Å². The molecule has 0 fully saturated rings. The number of carbonyl (C=O) groups excluding carboxylic acids is 3. The lowest BCUT2D eigenvalue weighted by Crippen LogP contribution is -2.71. The monoisotopic (exact) mass is 216 g/mol. The van der Waals surface area contributed by atoms with E-state index in [1.165, 1.54) is 20.8 Å². The van der Waals surface area contributed by atoms with E-state index in [4.69, 9.17) is 5.73 Å². The highest BCUT2D eigenvalue weighted by Gasteiger charge is 2.26. The minimum Gasteiger partial charge on any atom is -0.351 e. The van der Waals surface area contributed by atoms with Crippen molar-refractivity contribution < 1.29 is 14.4 Å². The number of rotatable bonds is 4. The molecule has 7 heteroatoms. The molecule has 15 heavy (non-hydrogen) atoms. The van der Waals surface area contributed by atoms with Gasteiger partial charge in [0.1, 0.15) is 0 Å². The Morgan fingerprint density at radius 3 is 1.67 bits per heavy atom. The van der Waals surface area contributed by atoms with Crippen molar-refractivity contribution in [3.05, 3.63) is 0 Å². The van der Waals surface area contributed by atoms with Gasteiger partial charge in [0, 0.05) is 20.8 Å². The second-order valence-electron chi connectivity index (χ2n) is 3.24. The minimum atomic E-state index is -1.46. The summed E-state index contributed by atoms with van der Waals surface area (Å²) in [5, 5.41) is 7.07. The van der Waals surface area contributed by atoms with E-state index in [1.807, 2.05) is 0 Å². The standard InChI is InChI=1S/C8H16N4O3/c1-5(13)10-4-8(9,11-6(2)14)12-7(3)15/h4,9H2,1-3H3,(H,10,13)(H,11,14)(H,12,15). The first-order valence-corrected chi connectivity index (χ1v) is 4.36. The topological polar surface area (TPSA) is 113 Å². The van der Waals surface area contributed by atoms with Crippen molar-refractivity contribution in [3.8, 4) is 0 Å². The molecule has 0 aromatic carbocycles. The molecule has 0 saturated carbocycles. The van der Waals surface area contributed by atoms with Crippen molar-refractivity contribution in [3.63, 3.8) is 0 Å². The van der Waals surface area contributed by atoms with Gasteiger partial charge in [0.15, 0.2) is 5.79 Å². The molecule has 86 valence electrons. The molecule has 0 saturated heterocycles. The fourth-order valence-electron chi connectivity index (χ4n) is 1.01. The Hall–Kier alpha value is -1.63. The van der Waals surface area contributed by atoms with Crippen LogP contribution in [0.15, 0.2) is 0 Å². The summed E-state index contributed by atoms with van der Waals surface area (Å²) in [6.07, 6.45) is 0. The Bertz CT molecular complexity index is 261. The highest BCUT2D eigenvalue weighted by molar-refractivity contribution is 5.78. The summed E-state index contributed by atoms with van der Waals surface area (Å²) < 4.78 is 0. The lowest BCUT2D eigenvalue weighted by atomic mass is 10.3. The van der Waals surface area contributed by atoms with Crippen LogP contribution in [0.25, 0.3) is 0 Å². The van der Waals surface area contributed by atoms with Crippen molar-refractivity contribution in [1.29, 1.82) is 0 Å². The molecule has 0 aliphatic rings. The van der Waals surface area contributed by atoms with Crippen LogP contribution in [0.1, 0.15) is 20.8 Å². The van der Waals surface area contributed by atoms with Crippen molar-refractivity contribution in [1.82, 2.24) is 16.0 Å².